The molecule has 6 heteroatoms. The van der Waals surface area contributed by atoms with E-state index in [-0.39, 0.29) is 10.6 Å². The zero-order valence-electron chi connectivity index (χ0n) is 10.4. The average molecular weight is 265 g/mol. The summed E-state index contributed by atoms with van der Waals surface area (Å²) in [5, 5.41) is 10.8. The van der Waals surface area contributed by atoms with Gasteiger partial charge < -0.3 is 4.57 Å². The second-order valence-electron chi connectivity index (χ2n) is 3.94. The molecule has 0 aliphatic rings. The molecule has 96 valence electrons. The normalized spacial score (nSPS) is 11.0. The fraction of sp³-hybridized carbons (Fsp3) is 0.417. The van der Waals surface area contributed by atoms with E-state index in [0.29, 0.717) is 0 Å². The third-order valence-corrected chi connectivity index (χ3v) is 3.68. The molecule has 0 bridgehead atoms. The standard InChI is InChI=1S/C12H15N3O2S/c1-3-18-7-6-14-9(2)13-11-5-4-10(15(16)17)8-12(11)14/h4-5,8H,3,6-7H2,1-2H3. The minimum atomic E-state index is -0.368. The Balaban J connectivity index is 2.40. The van der Waals surface area contributed by atoms with Crippen LogP contribution in [-0.2, 0) is 6.54 Å². The van der Waals surface area contributed by atoms with Gasteiger partial charge in [0.15, 0.2) is 0 Å². The molecule has 18 heavy (non-hydrogen) atoms. The van der Waals surface area contributed by atoms with Gasteiger partial charge >= 0.3 is 0 Å². The van der Waals surface area contributed by atoms with Gasteiger partial charge in [-0.1, -0.05) is 6.92 Å². The first-order chi connectivity index (χ1) is 8.63. The molecule has 0 fully saturated rings. The number of fused-ring (bicyclic) bond motifs is 1. The predicted octanol–water partition coefficient (Wildman–Crippen LogP) is 3.01. The van der Waals surface area contributed by atoms with Gasteiger partial charge in [0.25, 0.3) is 5.69 Å². The molecule has 0 amide bonds. The Hall–Kier alpha value is -1.56. The summed E-state index contributed by atoms with van der Waals surface area (Å²) in [6.45, 7) is 4.89. The van der Waals surface area contributed by atoms with E-state index in [4.69, 9.17) is 0 Å². The van der Waals surface area contributed by atoms with Gasteiger partial charge in [-0.25, -0.2) is 4.98 Å². The van der Waals surface area contributed by atoms with Crippen molar-refractivity contribution in [2.75, 3.05) is 11.5 Å². The number of thioether (sulfide) groups is 1. The molecule has 1 heterocycles. The topological polar surface area (TPSA) is 61.0 Å². The van der Waals surface area contributed by atoms with Crippen LogP contribution in [0, 0.1) is 17.0 Å². The highest BCUT2D eigenvalue weighted by Gasteiger charge is 2.12. The van der Waals surface area contributed by atoms with Crippen LogP contribution in [0.25, 0.3) is 11.0 Å². The third-order valence-electron chi connectivity index (χ3n) is 2.80. The number of nitro benzene ring substituents is 1. The van der Waals surface area contributed by atoms with Gasteiger partial charge in [0.2, 0.25) is 0 Å². The summed E-state index contributed by atoms with van der Waals surface area (Å²) in [5.74, 6) is 2.97. The Morgan fingerprint density at radius 3 is 2.94 bits per heavy atom. The number of aryl methyl sites for hydroxylation is 2. The molecule has 0 saturated heterocycles. The minimum absolute atomic E-state index is 0.117. The Labute approximate surface area is 109 Å². The molecule has 0 saturated carbocycles. The first kappa shape index (κ1) is 12.9. The molecule has 2 rings (SSSR count). The summed E-state index contributed by atoms with van der Waals surface area (Å²) < 4.78 is 2.05. The molecule has 2 aromatic rings. The summed E-state index contributed by atoms with van der Waals surface area (Å²) in [6.07, 6.45) is 0. The van der Waals surface area contributed by atoms with E-state index in [2.05, 4.69) is 11.9 Å². The maximum atomic E-state index is 10.8. The summed E-state index contributed by atoms with van der Waals surface area (Å²) >= 11 is 1.85. The maximum Gasteiger partial charge on any atom is 0.271 e. The molecule has 0 N–H and O–H groups in total. The first-order valence-electron chi connectivity index (χ1n) is 5.82. The average Bonchev–Trinajstić information content (AvgIpc) is 2.65. The largest absolute Gasteiger partial charge is 0.327 e. The zero-order chi connectivity index (χ0) is 13.1. The summed E-state index contributed by atoms with van der Waals surface area (Å²) in [7, 11) is 0. The van der Waals surface area contributed by atoms with Crippen molar-refractivity contribution in [3.63, 3.8) is 0 Å². The number of aromatic nitrogens is 2. The highest BCUT2D eigenvalue weighted by atomic mass is 32.2. The van der Waals surface area contributed by atoms with E-state index in [0.717, 1.165) is 34.9 Å². The van der Waals surface area contributed by atoms with E-state index in [9.17, 15) is 10.1 Å². The summed E-state index contributed by atoms with van der Waals surface area (Å²) in [5.41, 5.74) is 1.78. The van der Waals surface area contributed by atoms with Crippen molar-refractivity contribution in [1.82, 2.24) is 9.55 Å². The smallest absolute Gasteiger partial charge is 0.271 e. The summed E-state index contributed by atoms with van der Waals surface area (Å²) in [6, 6.07) is 4.82. The van der Waals surface area contributed by atoms with E-state index in [1.807, 2.05) is 23.3 Å². The minimum Gasteiger partial charge on any atom is -0.327 e. The highest BCUT2D eigenvalue weighted by Crippen LogP contribution is 2.22. The van der Waals surface area contributed by atoms with E-state index >= 15 is 0 Å². The molecule has 5 nitrogen and oxygen atoms in total. The Bertz CT molecular complexity index is 580. The zero-order valence-corrected chi connectivity index (χ0v) is 11.2. The molecular weight excluding hydrogens is 250 g/mol. The lowest BCUT2D eigenvalue weighted by molar-refractivity contribution is -0.384. The van der Waals surface area contributed by atoms with Gasteiger partial charge in [-0.05, 0) is 18.7 Å². The van der Waals surface area contributed by atoms with E-state index in [1.165, 1.54) is 6.07 Å². The van der Waals surface area contributed by atoms with Crippen molar-refractivity contribution in [1.29, 1.82) is 0 Å². The van der Waals surface area contributed by atoms with Crippen molar-refractivity contribution >= 4 is 28.5 Å². The first-order valence-corrected chi connectivity index (χ1v) is 6.98. The number of rotatable bonds is 5. The van der Waals surface area contributed by atoms with Crippen LogP contribution in [0.4, 0.5) is 5.69 Å². The lowest BCUT2D eigenvalue weighted by Gasteiger charge is -2.05. The van der Waals surface area contributed by atoms with Gasteiger partial charge in [-0.15, -0.1) is 0 Å². The fourth-order valence-electron chi connectivity index (χ4n) is 1.93. The van der Waals surface area contributed by atoms with Gasteiger partial charge in [0.05, 0.1) is 16.0 Å². The molecule has 1 aromatic heterocycles. The Morgan fingerprint density at radius 1 is 1.50 bits per heavy atom. The summed E-state index contributed by atoms with van der Waals surface area (Å²) in [4.78, 5) is 14.9. The third kappa shape index (κ3) is 2.48. The highest BCUT2D eigenvalue weighted by molar-refractivity contribution is 7.99. The van der Waals surface area contributed by atoms with Crippen LogP contribution in [0.5, 0.6) is 0 Å². The van der Waals surface area contributed by atoms with E-state index < -0.39 is 0 Å². The van der Waals surface area contributed by atoms with Crippen LogP contribution in [0.1, 0.15) is 12.7 Å². The maximum absolute atomic E-state index is 10.8. The van der Waals surface area contributed by atoms with Gasteiger partial charge in [0.1, 0.15) is 5.82 Å². The number of benzene rings is 1. The molecular formula is C12H15N3O2S. The number of hydrogen-bond donors (Lipinski definition) is 0. The quantitative estimate of drug-likeness (QED) is 0.473. The number of nitrogens with zero attached hydrogens (tertiary/aromatic N) is 3. The van der Waals surface area contributed by atoms with Crippen LogP contribution in [-0.4, -0.2) is 26.0 Å². The monoisotopic (exact) mass is 265 g/mol. The Kier molecular flexibility index (Phi) is 3.86. The molecule has 1 aromatic carbocycles. The molecule has 0 atom stereocenters. The van der Waals surface area contributed by atoms with Gasteiger partial charge in [-0.2, -0.15) is 11.8 Å². The van der Waals surface area contributed by atoms with Crippen LogP contribution in [0.3, 0.4) is 0 Å². The molecule has 0 unspecified atom stereocenters. The van der Waals surface area contributed by atoms with Crippen LogP contribution in [0.2, 0.25) is 0 Å². The number of hydrogen-bond acceptors (Lipinski definition) is 4. The molecule has 0 aliphatic carbocycles. The SMILES string of the molecule is CCSCCn1c(C)nc2ccc([N+](=O)[O-])cc21. The van der Waals surface area contributed by atoms with Gasteiger partial charge in [0, 0.05) is 24.4 Å². The number of imidazole rings is 1. The lowest BCUT2D eigenvalue weighted by atomic mass is 10.3. The van der Waals surface area contributed by atoms with Crippen molar-refractivity contribution in [2.45, 2.75) is 20.4 Å². The van der Waals surface area contributed by atoms with Crippen molar-refractivity contribution < 1.29 is 4.92 Å². The molecule has 0 spiro atoms. The lowest BCUT2D eigenvalue weighted by Crippen LogP contribution is -2.03. The van der Waals surface area contributed by atoms with Crippen molar-refractivity contribution in [3.05, 3.63) is 34.1 Å². The second-order valence-corrected chi connectivity index (χ2v) is 5.33. The fourth-order valence-corrected chi connectivity index (χ4v) is 2.53. The molecule has 0 radical (unpaired) electrons. The Morgan fingerprint density at radius 2 is 2.28 bits per heavy atom. The van der Waals surface area contributed by atoms with Crippen molar-refractivity contribution in [2.24, 2.45) is 0 Å². The number of nitro groups is 1. The van der Waals surface area contributed by atoms with Crippen LogP contribution >= 0.6 is 11.8 Å². The van der Waals surface area contributed by atoms with Crippen LogP contribution < -0.4 is 0 Å². The predicted molar refractivity (Wildman–Crippen MR) is 74.1 cm³/mol. The molecule has 0 aliphatic heterocycles. The van der Waals surface area contributed by atoms with Gasteiger partial charge in [-0.3, -0.25) is 10.1 Å². The van der Waals surface area contributed by atoms with E-state index in [1.54, 1.807) is 12.1 Å². The van der Waals surface area contributed by atoms with Crippen molar-refractivity contribution in [3.8, 4) is 0 Å². The number of non-ortho nitro benzene ring substituents is 1. The van der Waals surface area contributed by atoms with Crippen LogP contribution in [0.15, 0.2) is 18.2 Å². The second kappa shape index (κ2) is 5.39.